The number of rotatable bonds is 12. The number of hydrogen-bond donors (Lipinski definition) is 2. The van der Waals surface area contributed by atoms with Crippen LogP contribution < -0.4 is 25.4 Å². The van der Waals surface area contributed by atoms with Crippen molar-refractivity contribution in [3.05, 3.63) is 87.1 Å². The van der Waals surface area contributed by atoms with Gasteiger partial charge in [-0.15, -0.1) is 0 Å². The van der Waals surface area contributed by atoms with Gasteiger partial charge in [0.2, 0.25) is 5.91 Å². The molecule has 7 rings (SSSR count). The summed E-state index contributed by atoms with van der Waals surface area (Å²) in [6.45, 7) is 4.65. The van der Waals surface area contributed by atoms with Crippen LogP contribution in [0.3, 0.4) is 0 Å². The Labute approximate surface area is 330 Å². The van der Waals surface area contributed by atoms with Crippen LogP contribution in [-0.2, 0) is 23.3 Å². The van der Waals surface area contributed by atoms with Crippen molar-refractivity contribution in [3.63, 3.8) is 0 Å². The van der Waals surface area contributed by atoms with E-state index in [-0.39, 0.29) is 41.0 Å². The molecule has 1 saturated carbocycles. The topological polar surface area (TPSA) is 218 Å². The summed E-state index contributed by atoms with van der Waals surface area (Å²) in [6, 6.07) is 14.5. The van der Waals surface area contributed by atoms with Gasteiger partial charge in [0, 0.05) is 63.3 Å². The lowest BCUT2D eigenvalue weighted by Gasteiger charge is -2.52. The third-order valence-corrected chi connectivity index (χ3v) is 11.8. The Balaban J connectivity index is 1.02. The molecule has 4 aromatic rings. The fourth-order valence-electron chi connectivity index (χ4n) is 8.81. The lowest BCUT2D eigenvalue weighted by molar-refractivity contribution is -0.385. The first-order chi connectivity index (χ1) is 27.7. The standard InChI is InChI=1S/C40H46N12O5/c1-56-34-20-28-10-15-50(14-5-13-44-36(43)30(22-41)23-42)40(32(28)21-35(34)57-2)11-8-27(9-12-40)39(53)49-18-16-48(17-19-49)37-31-24-47-51(38(31)46-26-45-37)25-29-6-3-4-7-33(29)52(54)55/h3-4,6-7,20-21,24,26-27,44H,5,8-19,25,43H2,1-2H3. The second-order valence-corrected chi connectivity index (χ2v) is 14.6. The summed E-state index contributed by atoms with van der Waals surface area (Å²) in [5.41, 5.74) is 9.13. The van der Waals surface area contributed by atoms with Crippen LogP contribution in [0.4, 0.5) is 11.5 Å². The van der Waals surface area contributed by atoms with Gasteiger partial charge in [-0.3, -0.25) is 19.8 Å². The maximum atomic E-state index is 14.1. The Hall–Kier alpha value is -6.46. The molecule has 296 valence electrons. The molecule has 1 amide bonds. The first-order valence-electron chi connectivity index (χ1n) is 19.2. The number of methoxy groups -OCH3 is 2. The van der Waals surface area contributed by atoms with Crippen LogP contribution in [0.2, 0.25) is 0 Å². The zero-order chi connectivity index (χ0) is 40.1. The SMILES string of the molecule is COc1cc2c(cc1OC)C1(CCC(C(=O)N3CCN(c4ncnc5c4cnn5Cc4ccccc4[N+](=O)[O-])CC3)CC1)N(CCCNC(N)=C(C#N)C#N)CC2. The second kappa shape index (κ2) is 16.7. The predicted octanol–water partition coefficient (Wildman–Crippen LogP) is 3.59. The van der Waals surface area contributed by atoms with E-state index in [1.165, 1.54) is 23.5 Å². The highest BCUT2D eigenvalue weighted by atomic mass is 16.6. The first-order valence-corrected chi connectivity index (χ1v) is 19.2. The molecule has 57 heavy (non-hydrogen) atoms. The van der Waals surface area contributed by atoms with E-state index in [4.69, 9.17) is 25.7 Å². The van der Waals surface area contributed by atoms with Crippen LogP contribution in [-0.4, -0.2) is 100 Å². The number of ether oxygens (including phenoxy) is 2. The summed E-state index contributed by atoms with van der Waals surface area (Å²) in [5, 5.41) is 38.2. The lowest BCUT2D eigenvalue weighted by atomic mass is 9.68. The molecule has 0 radical (unpaired) electrons. The van der Waals surface area contributed by atoms with Crippen molar-refractivity contribution in [1.82, 2.24) is 34.9 Å². The van der Waals surface area contributed by atoms with Gasteiger partial charge >= 0.3 is 0 Å². The Morgan fingerprint density at radius 3 is 2.47 bits per heavy atom. The number of hydrogen-bond acceptors (Lipinski definition) is 14. The van der Waals surface area contributed by atoms with Crippen molar-refractivity contribution in [2.45, 2.75) is 50.6 Å². The normalized spacial score (nSPS) is 19.3. The van der Waals surface area contributed by atoms with E-state index in [0.717, 1.165) is 62.8 Å². The van der Waals surface area contributed by atoms with Gasteiger partial charge in [0.05, 0.1) is 42.8 Å². The summed E-state index contributed by atoms with van der Waals surface area (Å²) >= 11 is 0. The van der Waals surface area contributed by atoms with Crippen molar-refractivity contribution >= 4 is 28.4 Å². The van der Waals surface area contributed by atoms with E-state index in [1.807, 2.05) is 17.0 Å². The number of piperazine rings is 1. The minimum atomic E-state index is -0.392. The molecule has 0 atom stereocenters. The van der Waals surface area contributed by atoms with Crippen LogP contribution in [0, 0.1) is 38.7 Å². The molecule has 1 spiro atoms. The summed E-state index contributed by atoms with van der Waals surface area (Å²) in [5.74, 6) is 2.29. The fourth-order valence-corrected chi connectivity index (χ4v) is 8.81. The maximum Gasteiger partial charge on any atom is 0.274 e. The van der Waals surface area contributed by atoms with Crippen molar-refractivity contribution in [2.24, 2.45) is 11.7 Å². The molecule has 1 aliphatic carbocycles. The molecule has 2 fully saturated rings. The van der Waals surface area contributed by atoms with Gasteiger partial charge in [-0.25, -0.2) is 14.6 Å². The molecule has 2 aliphatic heterocycles. The van der Waals surface area contributed by atoms with Crippen LogP contribution in [0.1, 0.15) is 48.8 Å². The number of nitriles is 2. The Kier molecular flexibility index (Phi) is 11.4. The molecule has 3 aliphatic rings. The number of aromatic nitrogens is 4. The molecule has 0 bridgehead atoms. The van der Waals surface area contributed by atoms with Gasteiger partial charge in [0.15, 0.2) is 22.7 Å². The minimum Gasteiger partial charge on any atom is -0.493 e. The monoisotopic (exact) mass is 774 g/mol. The molecule has 17 heteroatoms. The van der Waals surface area contributed by atoms with E-state index in [9.17, 15) is 14.9 Å². The van der Waals surface area contributed by atoms with Gasteiger partial charge in [0.25, 0.3) is 5.69 Å². The summed E-state index contributed by atoms with van der Waals surface area (Å²) < 4.78 is 13.1. The van der Waals surface area contributed by atoms with Crippen LogP contribution in [0.25, 0.3) is 11.0 Å². The highest BCUT2D eigenvalue weighted by molar-refractivity contribution is 5.87. The number of benzene rings is 2. The van der Waals surface area contributed by atoms with Gasteiger partial charge < -0.3 is 30.3 Å². The zero-order valence-electron chi connectivity index (χ0n) is 32.2. The third kappa shape index (κ3) is 7.58. The first kappa shape index (κ1) is 38.8. The lowest BCUT2D eigenvalue weighted by Crippen LogP contribution is -2.55. The van der Waals surface area contributed by atoms with Crippen molar-refractivity contribution in [2.75, 3.05) is 64.9 Å². The Bertz CT molecular complexity index is 2240. The van der Waals surface area contributed by atoms with Crippen LogP contribution in [0.15, 0.2) is 60.3 Å². The number of anilines is 1. The molecular weight excluding hydrogens is 729 g/mol. The minimum absolute atomic E-state index is 0.0311. The number of fused-ring (bicyclic) bond motifs is 3. The van der Waals surface area contributed by atoms with E-state index in [0.29, 0.717) is 55.4 Å². The summed E-state index contributed by atoms with van der Waals surface area (Å²) in [6.07, 6.45) is 7.90. The zero-order valence-corrected chi connectivity index (χ0v) is 32.2. The third-order valence-electron chi connectivity index (χ3n) is 11.8. The number of nitro groups is 1. The number of para-hydroxylation sites is 1. The highest BCUT2D eigenvalue weighted by Crippen LogP contribution is 2.50. The summed E-state index contributed by atoms with van der Waals surface area (Å²) in [4.78, 5) is 41.1. The smallest absolute Gasteiger partial charge is 0.274 e. The molecule has 2 aromatic heterocycles. The van der Waals surface area contributed by atoms with Crippen molar-refractivity contribution < 1.29 is 19.2 Å². The molecule has 17 nitrogen and oxygen atoms in total. The summed E-state index contributed by atoms with van der Waals surface area (Å²) in [7, 11) is 3.30. The van der Waals surface area contributed by atoms with E-state index in [2.05, 4.69) is 42.3 Å². The average Bonchev–Trinajstić information content (AvgIpc) is 3.66. The number of nitrogens with one attached hydrogen (secondary N) is 1. The number of nitro benzene ring substituents is 1. The maximum absolute atomic E-state index is 14.1. The second-order valence-electron chi connectivity index (χ2n) is 14.6. The molecule has 0 unspecified atom stereocenters. The molecule has 2 aromatic carbocycles. The van der Waals surface area contributed by atoms with E-state index < -0.39 is 4.92 Å². The van der Waals surface area contributed by atoms with Crippen molar-refractivity contribution in [1.29, 1.82) is 10.5 Å². The van der Waals surface area contributed by atoms with Gasteiger partial charge in [-0.1, -0.05) is 18.2 Å². The average molecular weight is 775 g/mol. The van der Waals surface area contributed by atoms with Gasteiger partial charge in [0.1, 0.15) is 30.1 Å². The molecule has 1 saturated heterocycles. The molecular formula is C40H46N12O5. The number of nitrogens with zero attached hydrogens (tertiary/aromatic N) is 10. The van der Waals surface area contributed by atoms with E-state index in [1.54, 1.807) is 43.3 Å². The number of nitrogens with two attached hydrogens (primary N) is 1. The number of amides is 1. The van der Waals surface area contributed by atoms with Crippen molar-refractivity contribution in [3.8, 4) is 23.6 Å². The largest absolute Gasteiger partial charge is 0.493 e. The predicted molar refractivity (Wildman–Crippen MR) is 210 cm³/mol. The Morgan fingerprint density at radius 1 is 1.05 bits per heavy atom. The van der Waals surface area contributed by atoms with Crippen LogP contribution in [0.5, 0.6) is 11.5 Å². The number of carbonyl (C=O) groups excluding carboxylic acids is 1. The molecule has 3 N–H and O–H groups in total. The quantitative estimate of drug-likeness (QED) is 0.0911. The van der Waals surface area contributed by atoms with Gasteiger partial charge in [-0.05, 0) is 61.8 Å². The fraction of sp³-hybridized carbons (Fsp3) is 0.450. The number of allylic oxidation sites excluding steroid dienone is 1. The van der Waals surface area contributed by atoms with E-state index >= 15 is 0 Å². The van der Waals surface area contributed by atoms with Gasteiger partial charge in [-0.2, -0.15) is 15.6 Å². The highest BCUT2D eigenvalue weighted by Gasteiger charge is 2.47. The molecule has 4 heterocycles. The van der Waals surface area contributed by atoms with Crippen LogP contribution >= 0.6 is 0 Å². The Morgan fingerprint density at radius 2 is 1.77 bits per heavy atom. The number of carbonyl (C=O) groups is 1.